The zero-order valence-corrected chi connectivity index (χ0v) is 11.4. The summed E-state index contributed by atoms with van der Waals surface area (Å²) in [5.41, 5.74) is 2.73. The molecule has 0 radical (unpaired) electrons. The highest BCUT2D eigenvalue weighted by Crippen LogP contribution is 2.37. The van der Waals surface area contributed by atoms with Crippen LogP contribution in [0.5, 0.6) is 0 Å². The van der Waals surface area contributed by atoms with Gasteiger partial charge in [-0.1, -0.05) is 29.8 Å². The Kier molecular flexibility index (Phi) is 4.02. The van der Waals surface area contributed by atoms with Crippen molar-refractivity contribution in [3.63, 3.8) is 0 Å². The molecular weight excluding hydrogens is 224 g/mol. The molecule has 1 atom stereocenters. The average molecular weight is 246 g/mol. The fourth-order valence-electron chi connectivity index (χ4n) is 2.51. The summed E-state index contributed by atoms with van der Waals surface area (Å²) < 4.78 is 0. The van der Waals surface area contributed by atoms with Crippen LogP contribution in [0.15, 0.2) is 24.3 Å². The maximum Gasteiger partial charge on any atom is 0.236 e. The van der Waals surface area contributed by atoms with Crippen molar-refractivity contribution >= 4 is 5.91 Å². The minimum atomic E-state index is -0.0982. The molecule has 0 saturated heterocycles. The predicted octanol–water partition coefficient (Wildman–Crippen LogP) is 1.97. The van der Waals surface area contributed by atoms with Gasteiger partial charge in [0.25, 0.3) is 0 Å². The van der Waals surface area contributed by atoms with Crippen LogP contribution >= 0.6 is 0 Å². The van der Waals surface area contributed by atoms with Crippen molar-refractivity contribution in [2.45, 2.75) is 44.7 Å². The predicted molar refractivity (Wildman–Crippen MR) is 73.6 cm³/mol. The van der Waals surface area contributed by atoms with Gasteiger partial charge in [0, 0.05) is 13.1 Å². The van der Waals surface area contributed by atoms with E-state index in [9.17, 15) is 4.79 Å². The van der Waals surface area contributed by atoms with E-state index in [4.69, 9.17) is 0 Å². The molecule has 1 fully saturated rings. The van der Waals surface area contributed by atoms with Crippen LogP contribution in [-0.4, -0.2) is 25.0 Å². The van der Waals surface area contributed by atoms with Gasteiger partial charge in [-0.3, -0.25) is 4.79 Å². The number of carbonyl (C=O) groups excluding carboxylic acids is 1. The van der Waals surface area contributed by atoms with E-state index in [0.29, 0.717) is 12.0 Å². The Morgan fingerprint density at radius 1 is 1.28 bits per heavy atom. The van der Waals surface area contributed by atoms with Gasteiger partial charge in [0.2, 0.25) is 5.91 Å². The van der Waals surface area contributed by atoms with Crippen molar-refractivity contribution in [3.05, 3.63) is 35.4 Å². The molecule has 3 heteroatoms. The summed E-state index contributed by atoms with van der Waals surface area (Å²) in [7, 11) is 1.68. The molecule has 3 nitrogen and oxygen atoms in total. The smallest absolute Gasteiger partial charge is 0.236 e. The molecule has 0 aromatic heterocycles. The molecule has 1 aliphatic rings. The Morgan fingerprint density at radius 3 is 2.44 bits per heavy atom. The van der Waals surface area contributed by atoms with E-state index < -0.39 is 0 Å². The van der Waals surface area contributed by atoms with Crippen molar-refractivity contribution in [2.24, 2.45) is 0 Å². The van der Waals surface area contributed by atoms with Gasteiger partial charge >= 0.3 is 0 Å². The van der Waals surface area contributed by atoms with Crippen LogP contribution in [0.25, 0.3) is 0 Å². The lowest BCUT2D eigenvalue weighted by atomic mass is 9.75. The van der Waals surface area contributed by atoms with Gasteiger partial charge in [-0.25, -0.2) is 0 Å². The molecule has 0 spiro atoms. The topological polar surface area (TPSA) is 41.1 Å². The lowest BCUT2D eigenvalue weighted by Gasteiger charge is -2.37. The molecular formula is C15H22N2O. The monoisotopic (exact) mass is 246 g/mol. The molecule has 0 aliphatic heterocycles. The van der Waals surface area contributed by atoms with E-state index in [2.05, 4.69) is 41.8 Å². The van der Waals surface area contributed by atoms with Gasteiger partial charge in [-0.05, 0) is 38.2 Å². The van der Waals surface area contributed by atoms with Gasteiger partial charge < -0.3 is 10.6 Å². The summed E-state index contributed by atoms with van der Waals surface area (Å²) in [5.74, 6) is 0.716. The number of hydrogen-bond donors (Lipinski definition) is 2. The number of carbonyl (C=O) groups is 1. The molecule has 18 heavy (non-hydrogen) atoms. The first-order chi connectivity index (χ1) is 8.60. The standard InChI is InChI=1S/C15H22N2O/c1-10-4-6-12(7-5-10)13-8-14(9-13)17-11(2)15(18)16-3/h4-7,11,13-14,17H,8-9H2,1-3H3,(H,16,18). The summed E-state index contributed by atoms with van der Waals surface area (Å²) in [6, 6.07) is 9.16. The second-order valence-electron chi connectivity index (χ2n) is 5.28. The third-order valence-corrected chi connectivity index (χ3v) is 3.81. The Balaban J connectivity index is 1.80. The molecule has 1 aliphatic carbocycles. The fourth-order valence-corrected chi connectivity index (χ4v) is 2.51. The maximum atomic E-state index is 11.4. The molecule has 1 aromatic rings. The van der Waals surface area contributed by atoms with E-state index in [0.717, 1.165) is 12.8 Å². The third-order valence-electron chi connectivity index (χ3n) is 3.81. The van der Waals surface area contributed by atoms with Crippen molar-refractivity contribution in [3.8, 4) is 0 Å². The first-order valence-corrected chi connectivity index (χ1v) is 6.64. The van der Waals surface area contributed by atoms with E-state index in [1.54, 1.807) is 7.05 Å². The van der Waals surface area contributed by atoms with Crippen LogP contribution in [0.3, 0.4) is 0 Å². The number of nitrogens with one attached hydrogen (secondary N) is 2. The number of rotatable bonds is 4. The van der Waals surface area contributed by atoms with E-state index >= 15 is 0 Å². The zero-order valence-electron chi connectivity index (χ0n) is 11.4. The lowest BCUT2D eigenvalue weighted by Crippen LogP contribution is -2.50. The molecule has 0 bridgehead atoms. The van der Waals surface area contributed by atoms with E-state index in [-0.39, 0.29) is 11.9 Å². The van der Waals surface area contributed by atoms with Crippen LogP contribution in [-0.2, 0) is 4.79 Å². The number of aryl methyl sites for hydroxylation is 1. The van der Waals surface area contributed by atoms with Crippen molar-refractivity contribution in [1.82, 2.24) is 10.6 Å². The first-order valence-electron chi connectivity index (χ1n) is 6.64. The molecule has 98 valence electrons. The average Bonchev–Trinajstić information content (AvgIpc) is 2.33. The van der Waals surface area contributed by atoms with E-state index in [1.165, 1.54) is 11.1 Å². The maximum absolute atomic E-state index is 11.4. The van der Waals surface area contributed by atoms with Crippen LogP contribution in [0, 0.1) is 6.92 Å². The molecule has 1 saturated carbocycles. The third kappa shape index (κ3) is 2.91. The Hall–Kier alpha value is -1.35. The summed E-state index contributed by atoms with van der Waals surface area (Å²) >= 11 is 0. The molecule has 1 aromatic carbocycles. The summed E-state index contributed by atoms with van der Waals surface area (Å²) in [4.78, 5) is 11.4. The van der Waals surface area contributed by atoms with Crippen LogP contribution < -0.4 is 10.6 Å². The van der Waals surface area contributed by atoms with E-state index in [1.807, 2.05) is 6.92 Å². The summed E-state index contributed by atoms with van der Waals surface area (Å²) in [6.07, 6.45) is 2.26. The first kappa shape index (κ1) is 13.1. The second kappa shape index (κ2) is 5.53. The lowest BCUT2D eigenvalue weighted by molar-refractivity contribution is -0.122. The highest BCUT2D eigenvalue weighted by Gasteiger charge is 2.31. The number of benzene rings is 1. The number of likely N-dealkylation sites (N-methyl/N-ethyl adjacent to an activating group) is 1. The fraction of sp³-hybridized carbons (Fsp3) is 0.533. The van der Waals surface area contributed by atoms with Crippen molar-refractivity contribution in [1.29, 1.82) is 0 Å². The van der Waals surface area contributed by atoms with Gasteiger partial charge in [-0.15, -0.1) is 0 Å². The zero-order chi connectivity index (χ0) is 13.1. The summed E-state index contributed by atoms with van der Waals surface area (Å²) in [5, 5.41) is 6.03. The van der Waals surface area contributed by atoms with Crippen LogP contribution in [0.4, 0.5) is 0 Å². The van der Waals surface area contributed by atoms with Gasteiger partial charge in [0.05, 0.1) is 6.04 Å². The number of hydrogen-bond acceptors (Lipinski definition) is 2. The van der Waals surface area contributed by atoms with Gasteiger partial charge in [0.1, 0.15) is 0 Å². The van der Waals surface area contributed by atoms with Crippen LogP contribution in [0.1, 0.15) is 36.8 Å². The van der Waals surface area contributed by atoms with Gasteiger partial charge in [-0.2, -0.15) is 0 Å². The Bertz CT molecular complexity index is 407. The highest BCUT2D eigenvalue weighted by molar-refractivity contribution is 5.80. The highest BCUT2D eigenvalue weighted by atomic mass is 16.2. The SMILES string of the molecule is CNC(=O)C(C)NC1CC(c2ccc(C)cc2)C1. The van der Waals surface area contributed by atoms with Crippen LogP contribution in [0.2, 0.25) is 0 Å². The molecule has 2 rings (SSSR count). The largest absolute Gasteiger partial charge is 0.358 e. The minimum absolute atomic E-state index is 0.0637. The van der Waals surface area contributed by atoms with Crippen molar-refractivity contribution in [2.75, 3.05) is 7.05 Å². The molecule has 1 unspecified atom stereocenters. The van der Waals surface area contributed by atoms with Gasteiger partial charge in [0.15, 0.2) is 0 Å². The molecule has 2 N–H and O–H groups in total. The molecule has 1 amide bonds. The normalized spacial score (nSPS) is 24.2. The summed E-state index contributed by atoms with van der Waals surface area (Å²) in [6.45, 7) is 4.03. The second-order valence-corrected chi connectivity index (χ2v) is 5.28. The Morgan fingerprint density at radius 2 is 1.89 bits per heavy atom. The quantitative estimate of drug-likeness (QED) is 0.852. The Labute approximate surface area is 109 Å². The van der Waals surface area contributed by atoms with Crippen molar-refractivity contribution < 1.29 is 4.79 Å². The number of amides is 1. The minimum Gasteiger partial charge on any atom is -0.358 e. The molecule has 0 heterocycles.